The lowest BCUT2D eigenvalue weighted by atomic mass is 10.1. The lowest BCUT2D eigenvalue weighted by Gasteiger charge is -2.31. The first-order valence-electron chi connectivity index (χ1n) is 9.99. The first-order chi connectivity index (χ1) is 14.4. The normalized spacial score (nSPS) is 18.4. The van der Waals surface area contributed by atoms with Gasteiger partial charge in [-0.25, -0.2) is 8.42 Å². The van der Waals surface area contributed by atoms with Gasteiger partial charge in [0.05, 0.1) is 38.7 Å². The number of rotatable bonds is 5. The summed E-state index contributed by atoms with van der Waals surface area (Å²) in [4.78, 5) is 15.6. The predicted molar refractivity (Wildman–Crippen MR) is 119 cm³/mol. The van der Waals surface area contributed by atoms with Gasteiger partial charge < -0.3 is 15.0 Å². The van der Waals surface area contributed by atoms with E-state index in [0.717, 1.165) is 31.6 Å². The summed E-state index contributed by atoms with van der Waals surface area (Å²) in [5, 5.41) is 2.92. The number of amides is 1. The van der Waals surface area contributed by atoms with Crippen molar-refractivity contribution in [3.63, 3.8) is 0 Å². The van der Waals surface area contributed by atoms with Crippen molar-refractivity contribution in [1.82, 2.24) is 4.31 Å². The van der Waals surface area contributed by atoms with Gasteiger partial charge in [0, 0.05) is 26.2 Å². The van der Waals surface area contributed by atoms with Crippen LogP contribution >= 0.6 is 22.9 Å². The van der Waals surface area contributed by atoms with Gasteiger partial charge in [0.1, 0.15) is 0 Å². The molecule has 1 N–H and O–H groups in total. The molecule has 4 rings (SSSR count). The predicted octanol–water partition coefficient (Wildman–Crippen LogP) is 3.67. The molecule has 1 amide bonds. The highest BCUT2D eigenvalue weighted by Crippen LogP contribution is 2.33. The lowest BCUT2D eigenvalue weighted by Crippen LogP contribution is -2.40. The molecule has 1 aromatic carbocycles. The van der Waals surface area contributed by atoms with Crippen LogP contribution in [0.15, 0.2) is 35.2 Å². The third kappa shape index (κ3) is 4.65. The van der Waals surface area contributed by atoms with Gasteiger partial charge in [0.25, 0.3) is 5.91 Å². The van der Waals surface area contributed by atoms with Gasteiger partial charge in [-0.2, -0.15) is 4.31 Å². The zero-order valence-electron chi connectivity index (χ0n) is 16.5. The molecular weight excluding hydrogens is 446 g/mol. The number of carbonyl (C=O) groups excluding carboxylic acids is 1. The smallest absolute Gasteiger partial charge is 0.265 e. The van der Waals surface area contributed by atoms with Crippen LogP contribution in [-0.2, 0) is 14.8 Å². The molecule has 0 spiro atoms. The van der Waals surface area contributed by atoms with Crippen LogP contribution in [0.4, 0.5) is 11.4 Å². The molecule has 30 heavy (non-hydrogen) atoms. The zero-order chi connectivity index (χ0) is 21.1. The molecule has 2 aliphatic heterocycles. The van der Waals surface area contributed by atoms with E-state index in [2.05, 4.69) is 10.2 Å². The van der Waals surface area contributed by atoms with Crippen molar-refractivity contribution in [3.05, 3.63) is 39.5 Å². The molecule has 162 valence electrons. The van der Waals surface area contributed by atoms with Gasteiger partial charge in [-0.05, 0) is 49.6 Å². The number of hydrogen-bond donors (Lipinski definition) is 1. The number of benzene rings is 1. The number of carbonyl (C=O) groups is 1. The van der Waals surface area contributed by atoms with E-state index in [0.29, 0.717) is 41.2 Å². The number of hydrogen-bond acceptors (Lipinski definition) is 6. The van der Waals surface area contributed by atoms with E-state index in [-0.39, 0.29) is 10.8 Å². The Labute approximate surface area is 185 Å². The van der Waals surface area contributed by atoms with E-state index in [1.165, 1.54) is 22.1 Å². The lowest BCUT2D eigenvalue weighted by molar-refractivity contribution is 0.0730. The molecule has 2 aromatic rings. The van der Waals surface area contributed by atoms with Crippen LogP contribution in [0.5, 0.6) is 0 Å². The topological polar surface area (TPSA) is 79.0 Å². The van der Waals surface area contributed by atoms with Crippen molar-refractivity contribution >= 4 is 50.2 Å². The van der Waals surface area contributed by atoms with Gasteiger partial charge in [-0.15, -0.1) is 11.3 Å². The van der Waals surface area contributed by atoms with E-state index in [9.17, 15) is 13.2 Å². The first kappa shape index (κ1) is 21.6. The maximum absolute atomic E-state index is 13.1. The number of piperidine rings is 1. The molecule has 0 unspecified atom stereocenters. The maximum atomic E-state index is 13.1. The average Bonchev–Trinajstić information content (AvgIpc) is 3.21. The van der Waals surface area contributed by atoms with E-state index in [4.69, 9.17) is 16.3 Å². The molecule has 2 aliphatic rings. The second-order valence-corrected chi connectivity index (χ2v) is 11.0. The average molecular weight is 470 g/mol. The van der Waals surface area contributed by atoms with E-state index in [1.807, 2.05) is 0 Å². The number of thiophene rings is 1. The van der Waals surface area contributed by atoms with Crippen molar-refractivity contribution in [2.24, 2.45) is 0 Å². The van der Waals surface area contributed by atoms with Crippen molar-refractivity contribution in [1.29, 1.82) is 0 Å². The molecule has 0 atom stereocenters. The van der Waals surface area contributed by atoms with Gasteiger partial charge in [-0.3, -0.25) is 4.79 Å². The van der Waals surface area contributed by atoms with E-state index < -0.39 is 10.0 Å². The summed E-state index contributed by atoms with van der Waals surface area (Å²) in [5.74, 6) is -0.300. The van der Waals surface area contributed by atoms with Crippen LogP contribution in [0.25, 0.3) is 0 Å². The molecule has 2 fully saturated rings. The largest absolute Gasteiger partial charge is 0.379 e. The van der Waals surface area contributed by atoms with Crippen LogP contribution in [0.1, 0.15) is 28.9 Å². The summed E-state index contributed by atoms with van der Waals surface area (Å²) in [7, 11) is -3.66. The number of nitrogens with zero attached hydrogens (tertiary/aromatic N) is 2. The van der Waals surface area contributed by atoms with Crippen LogP contribution in [0.3, 0.4) is 0 Å². The molecule has 0 radical (unpaired) electrons. The first-order valence-corrected chi connectivity index (χ1v) is 12.6. The Balaban J connectivity index is 1.68. The quantitative estimate of drug-likeness (QED) is 0.722. The molecular formula is C20H24ClN3O4S2. The number of sulfonamides is 1. The minimum absolute atomic E-state index is 0.171. The number of ether oxygens (including phenoxy) is 1. The zero-order valence-corrected chi connectivity index (χ0v) is 18.9. The number of anilines is 2. The molecule has 3 heterocycles. The summed E-state index contributed by atoms with van der Waals surface area (Å²) < 4.78 is 33.5. The highest BCUT2D eigenvalue weighted by Gasteiger charge is 2.28. The Morgan fingerprint density at radius 3 is 2.43 bits per heavy atom. The Morgan fingerprint density at radius 2 is 1.77 bits per heavy atom. The molecule has 1 aromatic heterocycles. The Hall–Kier alpha value is -1.65. The molecule has 0 bridgehead atoms. The minimum atomic E-state index is -3.66. The fourth-order valence-corrected chi connectivity index (χ4v) is 6.12. The van der Waals surface area contributed by atoms with Gasteiger partial charge in [-0.1, -0.05) is 11.6 Å². The molecule has 10 heteroatoms. The third-order valence-electron chi connectivity index (χ3n) is 5.32. The van der Waals surface area contributed by atoms with Crippen molar-refractivity contribution in [2.45, 2.75) is 24.2 Å². The van der Waals surface area contributed by atoms with E-state index >= 15 is 0 Å². The standard InChI is InChI=1S/C20H24ClN3O4S2/c21-19-7-6-18(29-19)20(25)22-16-14-15(30(26,27)24-10-12-28-13-11-24)4-5-17(16)23-8-2-1-3-9-23/h4-7,14H,1-3,8-13H2,(H,22,25). The summed E-state index contributed by atoms with van der Waals surface area (Å²) in [6, 6.07) is 8.34. The second-order valence-electron chi connectivity index (χ2n) is 7.30. The number of nitrogens with one attached hydrogen (secondary N) is 1. The summed E-state index contributed by atoms with van der Waals surface area (Å²) in [5.41, 5.74) is 1.34. The Morgan fingerprint density at radius 1 is 1.03 bits per heavy atom. The monoisotopic (exact) mass is 469 g/mol. The summed E-state index contributed by atoms with van der Waals surface area (Å²) in [6.07, 6.45) is 3.32. The Kier molecular flexibility index (Phi) is 6.64. The number of morpholine rings is 1. The van der Waals surface area contributed by atoms with Crippen LogP contribution in [-0.4, -0.2) is 58.0 Å². The van der Waals surface area contributed by atoms with Crippen LogP contribution in [0.2, 0.25) is 4.34 Å². The van der Waals surface area contributed by atoms with Crippen molar-refractivity contribution in [2.75, 3.05) is 49.6 Å². The number of halogens is 1. The van der Waals surface area contributed by atoms with Crippen LogP contribution in [0, 0.1) is 0 Å². The fourth-order valence-electron chi connectivity index (χ4n) is 3.74. The highest BCUT2D eigenvalue weighted by atomic mass is 35.5. The SMILES string of the molecule is O=C(Nc1cc(S(=O)(=O)N2CCOCC2)ccc1N1CCCCC1)c1ccc(Cl)s1. The van der Waals surface area contributed by atoms with Crippen molar-refractivity contribution < 1.29 is 17.9 Å². The Bertz CT molecular complexity index is 1010. The van der Waals surface area contributed by atoms with Gasteiger partial charge in [0.15, 0.2) is 0 Å². The second kappa shape index (κ2) is 9.23. The minimum Gasteiger partial charge on any atom is -0.379 e. The highest BCUT2D eigenvalue weighted by molar-refractivity contribution is 7.89. The van der Waals surface area contributed by atoms with Crippen LogP contribution < -0.4 is 10.2 Å². The molecule has 0 saturated carbocycles. The summed E-state index contributed by atoms with van der Waals surface area (Å²) in [6.45, 7) is 3.17. The van der Waals surface area contributed by atoms with Gasteiger partial charge in [0.2, 0.25) is 10.0 Å². The molecule has 7 nitrogen and oxygen atoms in total. The maximum Gasteiger partial charge on any atom is 0.265 e. The van der Waals surface area contributed by atoms with Gasteiger partial charge >= 0.3 is 0 Å². The van der Waals surface area contributed by atoms with Crippen molar-refractivity contribution in [3.8, 4) is 0 Å². The summed E-state index contributed by atoms with van der Waals surface area (Å²) >= 11 is 7.16. The molecule has 2 saturated heterocycles. The third-order valence-corrected chi connectivity index (χ3v) is 8.44. The van der Waals surface area contributed by atoms with E-state index in [1.54, 1.807) is 30.3 Å². The molecule has 0 aliphatic carbocycles. The fraction of sp³-hybridized carbons (Fsp3) is 0.450.